The van der Waals surface area contributed by atoms with Crippen LogP contribution in [0.4, 0.5) is 4.79 Å². The molecule has 0 radical (unpaired) electrons. The Hall–Kier alpha value is -2.06. The Morgan fingerprint density at radius 2 is 1.72 bits per heavy atom. The molecule has 7 nitrogen and oxygen atoms in total. The number of hydrogen-bond acceptors (Lipinski definition) is 5. The largest absolute Gasteiger partial charge is 0.497 e. The van der Waals surface area contributed by atoms with Gasteiger partial charge in [-0.1, -0.05) is 32.9 Å². The van der Waals surface area contributed by atoms with Gasteiger partial charge in [0.1, 0.15) is 17.4 Å². The van der Waals surface area contributed by atoms with Gasteiger partial charge in [-0.05, 0) is 56.6 Å². The molecule has 0 aromatic heterocycles. The van der Waals surface area contributed by atoms with Crippen LogP contribution in [0.25, 0.3) is 0 Å². The van der Waals surface area contributed by atoms with E-state index in [0.29, 0.717) is 19.7 Å². The molecule has 1 N–H and O–H groups in total. The molecule has 1 heterocycles. The van der Waals surface area contributed by atoms with Crippen molar-refractivity contribution < 1.29 is 23.5 Å². The van der Waals surface area contributed by atoms with Gasteiger partial charge >= 0.3 is 6.09 Å². The summed E-state index contributed by atoms with van der Waals surface area (Å²) < 4.78 is 16.9. The zero-order valence-corrected chi connectivity index (χ0v) is 22.1. The van der Waals surface area contributed by atoms with E-state index in [0.717, 1.165) is 11.3 Å². The summed E-state index contributed by atoms with van der Waals surface area (Å²) in [7, 11) is -0.286. The first-order chi connectivity index (χ1) is 14.6. The van der Waals surface area contributed by atoms with E-state index in [1.54, 1.807) is 32.8 Å². The van der Waals surface area contributed by atoms with Gasteiger partial charge in [0, 0.05) is 19.0 Å². The van der Waals surface area contributed by atoms with Crippen LogP contribution in [0.3, 0.4) is 0 Å². The Morgan fingerprint density at radius 1 is 1.12 bits per heavy atom. The third-order valence-electron chi connectivity index (χ3n) is 6.24. The lowest BCUT2D eigenvalue weighted by atomic mass is 9.94. The fraction of sp³-hybridized carbons (Fsp3) is 0.667. The molecule has 0 spiro atoms. The zero-order chi connectivity index (χ0) is 24.3. The summed E-state index contributed by atoms with van der Waals surface area (Å²) in [6.07, 6.45) is -0.589. The molecule has 1 fully saturated rings. The molecule has 0 saturated carbocycles. The number of hydrogen-bond donors (Lipinski definition) is 1. The maximum Gasteiger partial charge on any atom is 0.408 e. The topological polar surface area (TPSA) is 77.1 Å². The summed E-state index contributed by atoms with van der Waals surface area (Å²) in [6, 6.07) is 6.93. The molecule has 2 rings (SSSR count). The number of alkyl carbamates (subject to hydrolysis) is 1. The summed E-state index contributed by atoms with van der Waals surface area (Å²) in [5.74, 6) is 0.443. The van der Waals surface area contributed by atoms with Gasteiger partial charge in [-0.3, -0.25) is 4.79 Å². The van der Waals surface area contributed by atoms with Crippen molar-refractivity contribution in [3.8, 4) is 5.75 Å². The second-order valence-corrected chi connectivity index (χ2v) is 15.7. The van der Waals surface area contributed by atoms with Crippen molar-refractivity contribution in [2.75, 3.05) is 26.8 Å². The van der Waals surface area contributed by atoms with Crippen molar-refractivity contribution in [2.45, 2.75) is 77.2 Å². The molecule has 1 aromatic rings. The Kier molecular flexibility index (Phi) is 8.04. The van der Waals surface area contributed by atoms with Crippen LogP contribution in [0.1, 0.15) is 53.0 Å². The highest BCUT2D eigenvalue weighted by molar-refractivity contribution is 6.74. The number of nitrogens with one attached hydrogen (secondary N) is 1. The van der Waals surface area contributed by atoms with E-state index in [1.165, 1.54) is 0 Å². The highest BCUT2D eigenvalue weighted by Gasteiger charge is 2.43. The fourth-order valence-corrected chi connectivity index (χ4v) is 4.41. The van der Waals surface area contributed by atoms with Crippen LogP contribution in [0.15, 0.2) is 24.3 Å². The standard InChI is InChI=1S/C24H40N2O5Si/c1-23(2,3)31-22(28)25-20-19(17-10-12-18(29-7)13-11-17)16-26(21(20)27)14-15-30-32(8,9)24(4,5)6/h10-13,19-20H,14-16H2,1-9H3,(H,25,28)/t19?,20-/m0/s1. The number of ether oxygens (including phenoxy) is 2. The molecule has 2 atom stereocenters. The molecule has 1 aliphatic heterocycles. The minimum absolute atomic E-state index is 0.106. The van der Waals surface area contributed by atoms with Crippen LogP contribution in [-0.2, 0) is 14.0 Å². The molecule has 32 heavy (non-hydrogen) atoms. The Balaban J connectivity index is 2.16. The molecule has 0 bridgehead atoms. The number of carbonyl (C=O) groups is 2. The molecule has 1 saturated heterocycles. The van der Waals surface area contributed by atoms with Crippen molar-refractivity contribution >= 4 is 20.3 Å². The van der Waals surface area contributed by atoms with Gasteiger partial charge in [0.05, 0.1) is 13.7 Å². The number of methoxy groups -OCH3 is 1. The first-order valence-corrected chi connectivity index (χ1v) is 14.1. The monoisotopic (exact) mass is 464 g/mol. The lowest BCUT2D eigenvalue weighted by Gasteiger charge is -2.36. The number of benzene rings is 1. The van der Waals surface area contributed by atoms with E-state index in [-0.39, 0.29) is 16.9 Å². The minimum atomic E-state index is -1.90. The Labute approximate surface area is 193 Å². The number of carbonyl (C=O) groups excluding carboxylic acids is 2. The van der Waals surface area contributed by atoms with E-state index >= 15 is 0 Å². The lowest BCUT2D eigenvalue weighted by molar-refractivity contribution is -0.129. The van der Waals surface area contributed by atoms with Crippen molar-refractivity contribution in [2.24, 2.45) is 0 Å². The molecular weight excluding hydrogens is 424 g/mol. The van der Waals surface area contributed by atoms with Crippen molar-refractivity contribution in [3.05, 3.63) is 29.8 Å². The van der Waals surface area contributed by atoms with Crippen LogP contribution in [0.2, 0.25) is 18.1 Å². The fourth-order valence-electron chi connectivity index (χ4n) is 3.38. The number of nitrogens with zero attached hydrogens (tertiary/aromatic N) is 1. The zero-order valence-electron chi connectivity index (χ0n) is 21.1. The van der Waals surface area contributed by atoms with E-state index in [1.807, 2.05) is 24.3 Å². The highest BCUT2D eigenvalue weighted by atomic mass is 28.4. The quantitative estimate of drug-likeness (QED) is 0.600. The summed E-state index contributed by atoms with van der Waals surface area (Å²) in [5, 5.41) is 2.91. The maximum atomic E-state index is 13.3. The van der Waals surface area contributed by atoms with Gasteiger partial charge in [0.25, 0.3) is 0 Å². The highest BCUT2D eigenvalue weighted by Crippen LogP contribution is 2.36. The van der Waals surface area contributed by atoms with Gasteiger partial charge in [0.15, 0.2) is 8.32 Å². The second kappa shape index (κ2) is 9.83. The van der Waals surface area contributed by atoms with E-state index in [4.69, 9.17) is 13.9 Å². The first kappa shape index (κ1) is 26.2. The third kappa shape index (κ3) is 6.72. The van der Waals surface area contributed by atoms with Gasteiger partial charge in [0.2, 0.25) is 5.91 Å². The van der Waals surface area contributed by atoms with Crippen LogP contribution in [-0.4, -0.2) is 63.7 Å². The smallest absolute Gasteiger partial charge is 0.408 e. The predicted octanol–water partition coefficient (Wildman–Crippen LogP) is 4.54. The molecule has 180 valence electrons. The van der Waals surface area contributed by atoms with Gasteiger partial charge in [-0.25, -0.2) is 4.79 Å². The van der Waals surface area contributed by atoms with Crippen LogP contribution < -0.4 is 10.1 Å². The van der Waals surface area contributed by atoms with Crippen LogP contribution in [0.5, 0.6) is 5.75 Å². The number of amides is 2. The van der Waals surface area contributed by atoms with Crippen LogP contribution in [0, 0.1) is 0 Å². The Bertz CT molecular complexity index is 796. The molecular formula is C24H40N2O5Si. The number of rotatable bonds is 7. The SMILES string of the molecule is COc1ccc(C2CN(CCO[Si](C)(C)C(C)(C)C)C(=O)[C@H]2NC(=O)OC(C)(C)C)cc1. The molecule has 1 unspecified atom stereocenters. The molecule has 1 aromatic carbocycles. The summed E-state index contributed by atoms with van der Waals surface area (Å²) in [5.41, 5.74) is 0.325. The van der Waals surface area contributed by atoms with E-state index in [2.05, 4.69) is 39.2 Å². The Morgan fingerprint density at radius 3 is 2.22 bits per heavy atom. The number of likely N-dealkylation sites (tertiary alicyclic amines) is 1. The van der Waals surface area contributed by atoms with Gasteiger partial charge in [-0.15, -0.1) is 0 Å². The van der Waals surface area contributed by atoms with Crippen molar-refractivity contribution in [3.63, 3.8) is 0 Å². The minimum Gasteiger partial charge on any atom is -0.497 e. The van der Waals surface area contributed by atoms with Gasteiger partial charge in [-0.2, -0.15) is 0 Å². The molecule has 0 aliphatic carbocycles. The first-order valence-electron chi connectivity index (χ1n) is 11.2. The summed E-state index contributed by atoms with van der Waals surface area (Å²) in [4.78, 5) is 27.5. The average Bonchev–Trinajstić information content (AvgIpc) is 2.95. The van der Waals surface area contributed by atoms with E-state index in [9.17, 15) is 9.59 Å². The lowest BCUT2D eigenvalue weighted by Crippen LogP contribution is -2.46. The van der Waals surface area contributed by atoms with Crippen molar-refractivity contribution in [1.82, 2.24) is 10.2 Å². The summed E-state index contributed by atoms with van der Waals surface area (Å²) >= 11 is 0. The molecule has 1 aliphatic rings. The normalized spacial score (nSPS) is 19.8. The van der Waals surface area contributed by atoms with Gasteiger partial charge < -0.3 is 24.1 Å². The third-order valence-corrected chi connectivity index (χ3v) is 10.8. The second-order valence-electron chi connectivity index (χ2n) is 10.9. The average molecular weight is 465 g/mol. The summed E-state index contributed by atoms with van der Waals surface area (Å²) in [6.45, 7) is 17.9. The van der Waals surface area contributed by atoms with Crippen LogP contribution >= 0.6 is 0 Å². The molecule has 2 amide bonds. The molecule has 8 heteroatoms. The van der Waals surface area contributed by atoms with E-state index < -0.39 is 26.1 Å². The predicted molar refractivity (Wildman–Crippen MR) is 129 cm³/mol. The van der Waals surface area contributed by atoms with Crippen molar-refractivity contribution in [1.29, 1.82) is 0 Å². The maximum absolute atomic E-state index is 13.3.